The summed E-state index contributed by atoms with van der Waals surface area (Å²) >= 11 is 5.33. The van der Waals surface area contributed by atoms with Crippen molar-refractivity contribution in [3.05, 3.63) is 30.1 Å². The highest BCUT2D eigenvalue weighted by Gasteiger charge is 2.19. The molecule has 0 aliphatic carbocycles. The minimum Gasteiger partial charge on any atom is -0.350 e. The monoisotopic (exact) mass is 264 g/mol. The van der Waals surface area contributed by atoms with E-state index in [0.717, 1.165) is 31.5 Å². The van der Waals surface area contributed by atoms with E-state index in [1.807, 2.05) is 12.3 Å². The molecule has 2 heterocycles. The Hall–Kier alpha value is -1.20. The SMILES string of the molecule is CCCCN1CN(Cc2cccnc2)CNC1=S. The third-order valence-corrected chi connectivity index (χ3v) is 3.42. The second-order valence-corrected chi connectivity index (χ2v) is 4.98. The standard InChI is InChI=1S/C13H20N4S/c1-2-3-7-17-11-16(10-15-13(17)18)9-12-5-4-6-14-8-12/h4-6,8H,2-3,7,9-11H2,1H3,(H,15,18). The predicted octanol–water partition coefficient (Wildman–Crippen LogP) is 1.79. The summed E-state index contributed by atoms with van der Waals surface area (Å²) in [6, 6.07) is 4.09. The summed E-state index contributed by atoms with van der Waals surface area (Å²) in [6.07, 6.45) is 6.11. The maximum Gasteiger partial charge on any atom is 0.170 e. The van der Waals surface area contributed by atoms with Gasteiger partial charge >= 0.3 is 0 Å². The predicted molar refractivity (Wildman–Crippen MR) is 76.9 cm³/mol. The molecule has 1 saturated heterocycles. The molecule has 0 radical (unpaired) electrons. The molecule has 1 aromatic rings. The molecule has 0 atom stereocenters. The first-order chi connectivity index (χ1) is 8.79. The Morgan fingerprint density at radius 3 is 3.11 bits per heavy atom. The lowest BCUT2D eigenvalue weighted by molar-refractivity contribution is 0.145. The van der Waals surface area contributed by atoms with Gasteiger partial charge in [-0.25, -0.2) is 0 Å². The van der Waals surface area contributed by atoms with Gasteiger partial charge in [0.05, 0.1) is 13.3 Å². The van der Waals surface area contributed by atoms with Crippen molar-refractivity contribution in [1.82, 2.24) is 20.1 Å². The number of nitrogens with one attached hydrogen (secondary N) is 1. The minimum atomic E-state index is 0.816. The average molecular weight is 264 g/mol. The van der Waals surface area contributed by atoms with Crippen LogP contribution in [-0.2, 0) is 6.54 Å². The van der Waals surface area contributed by atoms with E-state index in [4.69, 9.17) is 12.2 Å². The summed E-state index contributed by atoms with van der Waals surface area (Å²) in [6.45, 7) is 5.86. The van der Waals surface area contributed by atoms with Gasteiger partial charge in [-0.05, 0) is 30.3 Å². The molecule has 0 saturated carbocycles. The molecule has 4 nitrogen and oxygen atoms in total. The summed E-state index contributed by atoms with van der Waals surface area (Å²) in [5.41, 5.74) is 1.24. The number of aromatic nitrogens is 1. The zero-order chi connectivity index (χ0) is 12.8. The first kappa shape index (κ1) is 13.2. The van der Waals surface area contributed by atoms with E-state index in [0.29, 0.717) is 0 Å². The Kier molecular flexibility index (Phi) is 4.90. The van der Waals surface area contributed by atoms with Crippen LogP contribution in [0.25, 0.3) is 0 Å². The van der Waals surface area contributed by atoms with Gasteiger partial charge in [-0.1, -0.05) is 19.4 Å². The minimum absolute atomic E-state index is 0.816. The van der Waals surface area contributed by atoms with Gasteiger partial charge in [-0.3, -0.25) is 9.88 Å². The second-order valence-electron chi connectivity index (χ2n) is 4.59. The van der Waals surface area contributed by atoms with E-state index in [-0.39, 0.29) is 0 Å². The quantitative estimate of drug-likeness (QED) is 0.820. The third kappa shape index (κ3) is 3.65. The zero-order valence-corrected chi connectivity index (χ0v) is 11.6. The molecule has 0 bridgehead atoms. The van der Waals surface area contributed by atoms with Crippen molar-refractivity contribution in [3.63, 3.8) is 0 Å². The molecule has 0 amide bonds. The van der Waals surface area contributed by atoms with Crippen LogP contribution in [0.2, 0.25) is 0 Å². The number of nitrogens with zero attached hydrogens (tertiary/aromatic N) is 3. The smallest absolute Gasteiger partial charge is 0.170 e. The molecule has 1 aliphatic rings. The van der Waals surface area contributed by atoms with Crippen molar-refractivity contribution in [2.24, 2.45) is 0 Å². The Bertz CT molecular complexity index is 382. The molecule has 0 spiro atoms. The molecule has 0 aromatic carbocycles. The highest BCUT2D eigenvalue weighted by Crippen LogP contribution is 2.08. The lowest BCUT2D eigenvalue weighted by Crippen LogP contribution is -2.55. The van der Waals surface area contributed by atoms with Crippen molar-refractivity contribution < 1.29 is 0 Å². The van der Waals surface area contributed by atoms with Gasteiger partial charge in [0.15, 0.2) is 5.11 Å². The fourth-order valence-electron chi connectivity index (χ4n) is 2.02. The number of thiocarbonyl (C=S) groups is 1. The lowest BCUT2D eigenvalue weighted by atomic mass is 10.2. The van der Waals surface area contributed by atoms with E-state index in [1.54, 1.807) is 6.20 Å². The molecule has 2 rings (SSSR count). The molecule has 1 aliphatic heterocycles. The van der Waals surface area contributed by atoms with Crippen molar-refractivity contribution in [2.75, 3.05) is 19.9 Å². The van der Waals surface area contributed by atoms with E-state index in [9.17, 15) is 0 Å². The molecular formula is C13H20N4S. The summed E-state index contributed by atoms with van der Waals surface area (Å²) in [5.74, 6) is 0. The summed E-state index contributed by atoms with van der Waals surface area (Å²) < 4.78 is 0. The largest absolute Gasteiger partial charge is 0.350 e. The van der Waals surface area contributed by atoms with Crippen LogP contribution in [0.4, 0.5) is 0 Å². The van der Waals surface area contributed by atoms with Crippen LogP contribution >= 0.6 is 12.2 Å². The van der Waals surface area contributed by atoms with Crippen LogP contribution in [0.3, 0.4) is 0 Å². The first-order valence-corrected chi connectivity index (χ1v) is 6.84. The number of hydrogen-bond acceptors (Lipinski definition) is 3. The van der Waals surface area contributed by atoms with Gasteiger partial charge in [0.2, 0.25) is 0 Å². The fraction of sp³-hybridized carbons (Fsp3) is 0.538. The summed E-state index contributed by atoms with van der Waals surface area (Å²) in [4.78, 5) is 8.72. The van der Waals surface area contributed by atoms with Crippen LogP contribution in [0.5, 0.6) is 0 Å². The lowest BCUT2D eigenvalue weighted by Gasteiger charge is -2.38. The number of unbranched alkanes of at least 4 members (excludes halogenated alkanes) is 1. The van der Waals surface area contributed by atoms with Gasteiger partial charge in [-0.15, -0.1) is 0 Å². The van der Waals surface area contributed by atoms with Crippen molar-refractivity contribution >= 4 is 17.3 Å². The second kappa shape index (κ2) is 6.66. The van der Waals surface area contributed by atoms with Gasteiger partial charge in [0.25, 0.3) is 0 Å². The first-order valence-electron chi connectivity index (χ1n) is 6.43. The topological polar surface area (TPSA) is 31.4 Å². The number of pyridine rings is 1. The zero-order valence-electron chi connectivity index (χ0n) is 10.8. The molecule has 18 heavy (non-hydrogen) atoms. The third-order valence-electron chi connectivity index (χ3n) is 3.02. The summed E-state index contributed by atoms with van der Waals surface area (Å²) in [7, 11) is 0. The maximum absolute atomic E-state index is 5.33. The average Bonchev–Trinajstić information content (AvgIpc) is 2.40. The fourth-order valence-corrected chi connectivity index (χ4v) is 2.24. The highest BCUT2D eigenvalue weighted by molar-refractivity contribution is 7.80. The Morgan fingerprint density at radius 2 is 2.39 bits per heavy atom. The number of hydrogen-bond donors (Lipinski definition) is 1. The molecular weight excluding hydrogens is 244 g/mol. The Morgan fingerprint density at radius 1 is 1.50 bits per heavy atom. The van der Waals surface area contributed by atoms with E-state index in [1.165, 1.54) is 18.4 Å². The normalized spacial score (nSPS) is 16.7. The van der Waals surface area contributed by atoms with Crippen LogP contribution in [0.15, 0.2) is 24.5 Å². The van der Waals surface area contributed by atoms with Crippen LogP contribution in [-0.4, -0.2) is 39.8 Å². The van der Waals surface area contributed by atoms with E-state index < -0.39 is 0 Å². The van der Waals surface area contributed by atoms with Crippen LogP contribution < -0.4 is 5.32 Å². The van der Waals surface area contributed by atoms with Crippen molar-refractivity contribution in [3.8, 4) is 0 Å². The van der Waals surface area contributed by atoms with E-state index >= 15 is 0 Å². The molecule has 5 heteroatoms. The number of rotatable bonds is 5. The van der Waals surface area contributed by atoms with Crippen molar-refractivity contribution in [1.29, 1.82) is 0 Å². The molecule has 1 fully saturated rings. The summed E-state index contributed by atoms with van der Waals surface area (Å²) in [5, 5.41) is 4.15. The van der Waals surface area contributed by atoms with Gasteiger partial charge < -0.3 is 10.2 Å². The Labute approximate surface area is 114 Å². The van der Waals surface area contributed by atoms with E-state index in [2.05, 4.69) is 33.1 Å². The van der Waals surface area contributed by atoms with Crippen LogP contribution in [0, 0.1) is 0 Å². The molecule has 1 N–H and O–H groups in total. The van der Waals surface area contributed by atoms with Crippen LogP contribution in [0.1, 0.15) is 25.3 Å². The molecule has 0 unspecified atom stereocenters. The Balaban J connectivity index is 1.89. The maximum atomic E-state index is 5.33. The molecule has 1 aromatic heterocycles. The van der Waals surface area contributed by atoms with Gasteiger partial charge in [0.1, 0.15) is 0 Å². The molecule has 98 valence electrons. The van der Waals surface area contributed by atoms with Gasteiger partial charge in [0, 0.05) is 25.5 Å². The van der Waals surface area contributed by atoms with Crippen molar-refractivity contribution in [2.45, 2.75) is 26.3 Å². The van der Waals surface area contributed by atoms with Gasteiger partial charge in [-0.2, -0.15) is 0 Å². The highest BCUT2D eigenvalue weighted by atomic mass is 32.1.